The van der Waals surface area contributed by atoms with Crippen molar-refractivity contribution in [2.24, 2.45) is 0 Å². The Morgan fingerprint density at radius 3 is 1.43 bits per heavy atom. The van der Waals surface area contributed by atoms with Crippen LogP contribution in [0, 0.1) is 55.4 Å². The van der Waals surface area contributed by atoms with E-state index in [1.165, 1.54) is 55.2 Å². The molecule has 2 rings (SSSR count). The first kappa shape index (κ1) is 16.2. The standard InChI is InChI=1S/C19H26B2/c1-10-11(2)19(17(8)21-14(10)5)9-18-12(3)15(6)20-16(7)13(18)4/h9H2,1-8H3. The van der Waals surface area contributed by atoms with Crippen molar-refractivity contribution in [2.75, 3.05) is 0 Å². The molecule has 0 aliphatic heterocycles. The Morgan fingerprint density at radius 2 is 0.905 bits per heavy atom. The van der Waals surface area contributed by atoms with Gasteiger partial charge in [-0.2, -0.15) is 0 Å². The summed E-state index contributed by atoms with van der Waals surface area (Å²) < 4.78 is 0. The van der Waals surface area contributed by atoms with Crippen LogP contribution in [0.5, 0.6) is 0 Å². The molecule has 0 saturated heterocycles. The normalized spacial score (nSPS) is 10.7. The molecular formula is C19H26B2. The van der Waals surface area contributed by atoms with Crippen LogP contribution in [0.15, 0.2) is 0 Å². The monoisotopic (exact) mass is 276 g/mol. The first-order valence-corrected chi connectivity index (χ1v) is 7.86. The van der Waals surface area contributed by atoms with Gasteiger partial charge in [0.25, 0.3) is 0 Å². The molecule has 2 heteroatoms. The third-order valence-corrected chi connectivity index (χ3v) is 5.39. The molecule has 0 saturated carbocycles. The fourth-order valence-electron chi connectivity index (χ4n) is 3.35. The second-order valence-corrected chi connectivity index (χ2v) is 6.65. The van der Waals surface area contributed by atoms with E-state index in [2.05, 4.69) is 69.2 Å². The van der Waals surface area contributed by atoms with Gasteiger partial charge in [-0.1, -0.05) is 0 Å². The summed E-state index contributed by atoms with van der Waals surface area (Å²) in [6.07, 6.45) is 1.05. The Labute approximate surface area is 131 Å². The molecule has 0 nitrogen and oxygen atoms in total. The summed E-state index contributed by atoms with van der Waals surface area (Å²) in [4.78, 5) is 0. The molecule has 0 radical (unpaired) electrons. The van der Waals surface area contributed by atoms with E-state index < -0.39 is 0 Å². The van der Waals surface area contributed by atoms with Gasteiger partial charge >= 0.3 is 131 Å². The van der Waals surface area contributed by atoms with Crippen molar-refractivity contribution < 1.29 is 0 Å². The van der Waals surface area contributed by atoms with Crippen LogP contribution in [-0.2, 0) is 6.42 Å². The van der Waals surface area contributed by atoms with Crippen LogP contribution < -0.4 is 0 Å². The van der Waals surface area contributed by atoms with Gasteiger partial charge in [0, 0.05) is 0 Å². The SMILES string of the molecule is Cc1bc(C)c(Cc2c(C)c(C)bc(C)c2C)c(C)c1C. The Hall–Kier alpha value is -1.17. The third-order valence-electron chi connectivity index (χ3n) is 5.39. The first-order chi connectivity index (χ1) is 9.73. The van der Waals surface area contributed by atoms with Crippen LogP contribution in [-0.4, -0.2) is 13.8 Å². The van der Waals surface area contributed by atoms with E-state index in [0.717, 1.165) is 6.42 Å². The van der Waals surface area contributed by atoms with Crippen molar-refractivity contribution in [2.45, 2.75) is 61.8 Å². The van der Waals surface area contributed by atoms with Crippen molar-refractivity contribution in [3.05, 3.63) is 55.2 Å². The number of hydrogen-bond donors (Lipinski definition) is 0. The minimum absolute atomic E-state index is 1.05. The average molecular weight is 276 g/mol. The molecule has 0 N–H and O–H groups in total. The maximum atomic E-state index is 2.34. The second-order valence-electron chi connectivity index (χ2n) is 6.65. The molecule has 0 aliphatic rings. The van der Waals surface area contributed by atoms with E-state index >= 15 is 0 Å². The fourth-order valence-corrected chi connectivity index (χ4v) is 3.35. The van der Waals surface area contributed by atoms with E-state index in [9.17, 15) is 0 Å². The van der Waals surface area contributed by atoms with Crippen molar-refractivity contribution in [1.29, 1.82) is 0 Å². The maximum absolute atomic E-state index is 2.34. The van der Waals surface area contributed by atoms with Gasteiger partial charge in [-0.3, -0.25) is 0 Å². The Balaban J connectivity index is 2.62. The summed E-state index contributed by atoms with van der Waals surface area (Å²) in [5, 5.41) is 0. The van der Waals surface area contributed by atoms with E-state index in [4.69, 9.17) is 0 Å². The summed E-state index contributed by atoms with van der Waals surface area (Å²) in [6.45, 7) is 22.6. The molecule has 21 heavy (non-hydrogen) atoms. The van der Waals surface area contributed by atoms with Gasteiger partial charge in [0.15, 0.2) is 0 Å². The average Bonchev–Trinajstić information content (AvgIpc) is 2.42. The Morgan fingerprint density at radius 1 is 0.476 bits per heavy atom. The quantitative estimate of drug-likeness (QED) is 0.761. The van der Waals surface area contributed by atoms with Gasteiger partial charge < -0.3 is 0 Å². The number of hydrogen-bond acceptors (Lipinski definition) is 0. The van der Waals surface area contributed by atoms with Gasteiger partial charge in [-0.05, 0) is 0 Å². The van der Waals surface area contributed by atoms with Gasteiger partial charge in [0.2, 0.25) is 0 Å². The van der Waals surface area contributed by atoms with Crippen molar-refractivity contribution in [3.8, 4) is 0 Å². The topological polar surface area (TPSA) is 0 Å². The van der Waals surface area contributed by atoms with Crippen LogP contribution in [0.3, 0.4) is 0 Å². The molecule has 2 aromatic heterocycles. The van der Waals surface area contributed by atoms with Gasteiger partial charge in [-0.15, -0.1) is 0 Å². The third kappa shape index (κ3) is 2.91. The number of rotatable bonds is 2. The zero-order valence-corrected chi connectivity index (χ0v) is 14.9. The molecule has 0 fully saturated rings. The fraction of sp³-hybridized carbons (Fsp3) is 0.474. The van der Waals surface area contributed by atoms with Crippen LogP contribution in [0.1, 0.15) is 55.2 Å². The summed E-state index contributed by atoms with van der Waals surface area (Å²) in [6, 6.07) is 0. The second kappa shape index (κ2) is 5.91. The van der Waals surface area contributed by atoms with Crippen LogP contribution in [0.25, 0.3) is 0 Å². The molecule has 0 amide bonds. The molecule has 2 heterocycles. The molecule has 0 atom stereocenters. The Kier molecular flexibility index (Phi) is 4.56. The zero-order valence-electron chi connectivity index (χ0n) is 14.9. The predicted octanol–water partition coefficient (Wildman–Crippen LogP) is 4.42. The van der Waals surface area contributed by atoms with Crippen molar-refractivity contribution >= 4 is 13.8 Å². The number of aryl methyl sites for hydroxylation is 4. The van der Waals surface area contributed by atoms with E-state index in [-0.39, 0.29) is 0 Å². The molecule has 0 unspecified atom stereocenters. The molecule has 108 valence electrons. The molecule has 0 aromatic carbocycles. The molecular weight excluding hydrogens is 250 g/mol. The Bertz CT molecular complexity index is 686. The predicted molar refractivity (Wildman–Crippen MR) is 96.3 cm³/mol. The molecule has 0 bridgehead atoms. The minimum atomic E-state index is 1.05. The summed E-state index contributed by atoms with van der Waals surface area (Å²) >= 11 is 0. The van der Waals surface area contributed by atoms with Crippen LogP contribution in [0.2, 0.25) is 0 Å². The molecule has 0 spiro atoms. The van der Waals surface area contributed by atoms with Crippen LogP contribution >= 0.6 is 0 Å². The summed E-state index contributed by atoms with van der Waals surface area (Å²) in [5.41, 5.74) is 14.5. The summed E-state index contributed by atoms with van der Waals surface area (Å²) in [7, 11) is 0. The van der Waals surface area contributed by atoms with Crippen molar-refractivity contribution in [3.63, 3.8) is 0 Å². The summed E-state index contributed by atoms with van der Waals surface area (Å²) in [5.74, 6) is 0. The van der Waals surface area contributed by atoms with E-state index in [0.29, 0.717) is 0 Å². The van der Waals surface area contributed by atoms with E-state index in [1.807, 2.05) is 0 Å². The molecule has 2 aromatic rings. The van der Waals surface area contributed by atoms with Gasteiger partial charge in [0.1, 0.15) is 0 Å². The molecule has 0 aliphatic carbocycles. The first-order valence-electron chi connectivity index (χ1n) is 7.86. The zero-order chi connectivity index (χ0) is 15.9. The van der Waals surface area contributed by atoms with Crippen molar-refractivity contribution in [1.82, 2.24) is 0 Å². The van der Waals surface area contributed by atoms with E-state index in [1.54, 1.807) is 0 Å². The van der Waals surface area contributed by atoms with Gasteiger partial charge in [0.05, 0.1) is 0 Å². The van der Waals surface area contributed by atoms with Crippen LogP contribution in [0.4, 0.5) is 0 Å². The van der Waals surface area contributed by atoms with Gasteiger partial charge in [-0.25, -0.2) is 0 Å².